The highest BCUT2D eigenvalue weighted by molar-refractivity contribution is 5.04. The minimum Gasteiger partial charge on any atom is -0.394 e. The molecular weight excluding hydrogens is 1710 g/mol. The fourth-order valence-corrected chi connectivity index (χ4v) is 15.8. The van der Waals surface area contributed by atoms with E-state index in [9.17, 15) is 174 Å². The third-order valence-corrected chi connectivity index (χ3v) is 23.3. The first kappa shape index (κ1) is 104. The summed E-state index contributed by atoms with van der Waals surface area (Å²) in [6.07, 6.45) is -105. The van der Waals surface area contributed by atoms with Gasteiger partial charge in [0.25, 0.3) is 0 Å². The monoisotopic (exact) mass is 1830 g/mol. The van der Waals surface area contributed by atoms with Crippen molar-refractivity contribution in [1.82, 2.24) is 0 Å². The Kier molecular flexibility index (Phi) is 38.2. The van der Waals surface area contributed by atoms with E-state index in [0.29, 0.717) is 0 Å². The third-order valence-electron chi connectivity index (χ3n) is 23.3. The second-order valence-electron chi connectivity index (χ2n) is 31.3. The molecular formula is C68H118O56. The van der Waals surface area contributed by atoms with Crippen molar-refractivity contribution in [3.05, 3.63) is 0 Å². The van der Waals surface area contributed by atoms with Crippen LogP contribution in [0.15, 0.2) is 0 Å². The Morgan fingerprint density at radius 2 is 0.363 bits per heavy atom. The molecule has 0 bridgehead atoms. The highest BCUT2D eigenvalue weighted by Gasteiger charge is 2.62. The molecule has 0 aromatic rings. The molecule has 726 valence electrons. The molecule has 11 heterocycles. The molecule has 22 unspecified atom stereocenters. The molecule has 56 nitrogen and oxygen atoms in total. The minimum absolute atomic E-state index is 0.515. The maximum absolute atomic E-state index is 12.1. The van der Waals surface area contributed by atoms with Crippen LogP contribution in [0.1, 0.15) is 6.92 Å². The van der Waals surface area contributed by atoms with Crippen LogP contribution in [0.2, 0.25) is 0 Å². The summed E-state index contributed by atoms with van der Waals surface area (Å²) in [5.41, 5.74) is 0. The van der Waals surface area contributed by atoms with Crippen molar-refractivity contribution < 1.29 is 278 Å². The lowest BCUT2D eigenvalue weighted by Gasteiger charge is -2.50. The number of aliphatic hydroxyl groups excluding tert-OH is 35. The summed E-state index contributed by atoms with van der Waals surface area (Å²) in [7, 11) is 1.09. The zero-order valence-electron chi connectivity index (χ0n) is 65.8. The van der Waals surface area contributed by atoms with E-state index in [2.05, 4.69) is 0 Å². The number of aliphatic hydroxyl groups is 35. The van der Waals surface area contributed by atoms with Gasteiger partial charge in [-0.15, -0.1) is 0 Å². The van der Waals surface area contributed by atoms with Gasteiger partial charge in [0.15, 0.2) is 69.2 Å². The van der Waals surface area contributed by atoms with E-state index >= 15 is 0 Å². The van der Waals surface area contributed by atoms with Gasteiger partial charge in [-0.25, -0.2) is 0 Å². The maximum Gasteiger partial charge on any atom is 0.187 e. The highest BCUT2D eigenvalue weighted by Crippen LogP contribution is 2.41. The molecule has 0 saturated carbocycles. The van der Waals surface area contributed by atoms with E-state index in [-0.39, 0.29) is 0 Å². The quantitative estimate of drug-likeness (QED) is 0.0318. The average Bonchev–Trinajstić information content (AvgIpc) is 0.763. The second-order valence-corrected chi connectivity index (χ2v) is 31.3. The summed E-state index contributed by atoms with van der Waals surface area (Å²) in [5, 5.41) is 374. The summed E-state index contributed by atoms with van der Waals surface area (Å²) >= 11 is 0. The zero-order chi connectivity index (χ0) is 91.4. The van der Waals surface area contributed by atoms with Crippen LogP contribution < -0.4 is 0 Å². The van der Waals surface area contributed by atoms with E-state index in [1.165, 1.54) is 6.92 Å². The van der Waals surface area contributed by atoms with E-state index in [1.54, 1.807) is 0 Å². The number of hydrogen-bond donors (Lipinski definition) is 35. The van der Waals surface area contributed by atoms with E-state index < -0.39 is 410 Å². The number of methoxy groups -OCH3 is 1. The normalized spacial score (nSPS) is 53.0. The average molecular weight is 1830 g/mol. The van der Waals surface area contributed by atoms with Crippen molar-refractivity contribution in [2.75, 3.05) is 79.8 Å². The van der Waals surface area contributed by atoms with Gasteiger partial charge in [-0.2, -0.15) is 0 Å². The Labute approximate surface area is 700 Å². The smallest absolute Gasteiger partial charge is 0.187 e. The SMILES string of the molecule is CO[C@@H]1OC(CO)[C@@H](O)[C@H](O[C@@H]2OC(CO)[C@@H](O)[C@H](O[C@@H]3OC(CO[C@@H]4OC(CO)[C@@H](O)[C@H](O)C4O)[C@@H](O)[C@H](O[C@@H]4OC(CO)[C@@H](O)[C@H](O[C@@H]5OC(CO)[C@@H](O)[C@H](O[C@@H]6OC(CO)[C@@H](O)[C@H](O[C@@H]7OC(CO)[C@@H](O)[C@H](O[C@@H]8OC(CO)[C@@H](O)[C@H](O)C8O)C7O)C6O)C5O)C4O)C3O)C2O)C1O.C[C@@H]1C(O)[C@H](O[C@@H]2C(O)[C@H](O)OC(CO)[C@H]2O)OC(CO)[C@H]1O. The van der Waals surface area contributed by atoms with Crippen molar-refractivity contribution in [2.24, 2.45) is 5.92 Å². The Morgan fingerprint density at radius 1 is 0.177 bits per heavy atom. The largest absolute Gasteiger partial charge is 0.394 e. The van der Waals surface area contributed by atoms with E-state index in [0.717, 1.165) is 7.11 Å². The molecule has 0 amide bonds. The van der Waals surface area contributed by atoms with Gasteiger partial charge in [0, 0.05) is 13.0 Å². The van der Waals surface area contributed by atoms with Gasteiger partial charge in [-0.3, -0.25) is 0 Å². The fourth-order valence-electron chi connectivity index (χ4n) is 15.8. The predicted octanol–water partition coefficient (Wildman–Crippen LogP) is -24.1. The van der Waals surface area contributed by atoms with Crippen molar-refractivity contribution in [2.45, 2.75) is 339 Å². The molecule has 0 radical (unpaired) electrons. The molecule has 0 aromatic carbocycles. The summed E-state index contributed by atoms with van der Waals surface area (Å²) < 4.78 is 117. The van der Waals surface area contributed by atoms with Crippen LogP contribution in [0.25, 0.3) is 0 Å². The van der Waals surface area contributed by atoms with Crippen molar-refractivity contribution in [3.8, 4) is 0 Å². The third kappa shape index (κ3) is 22.1. The van der Waals surface area contributed by atoms with Gasteiger partial charge in [0.2, 0.25) is 0 Å². The molecule has 11 rings (SSSR count). The molecule has 0 aliphatic carbocycles. The number of ether oxygens (including phenoxy) is 21. The van der Waals surface area contributed by atoms with Crippen molar-refractivity contribution in [3.63, 3.8) is 0 Å². The van der Waals surface area contributed by atoms with Crippen molar-refractivity contribution in [1.29, 1.82) is 0 Å². The first-order valence-corrected chi connectivity index (χ1v) is 39.5. The maximum atomic E-state index is 12.1. The van der Waals surface area contributed by atoms with Gasteiger partial charge in [-0.05, 0) is 0 Å². The van der Waals surface area contributed by atoms with Gasteiger partial charge in [-0.1, -0.05) is 6.92 Å². The number of rotatable bonds is 30. The summed E-state index contributed by atoms with van der Waals surface area (Å²) in [4.78, 5) is 0. The van der Waals surface area contributed by atoms with Crippen LogP contribution in [0, 0.1) is 5.92 Å². The molecule has 11 fully saturated rings. The van der Waals surface area contributed by atoms with Crippen LogP contribution in [-0.4, -0.2) is 590 Å². The zero-order valence-corrected chi connectivity index (χ0v) is 65.8. The van der Waals surface area contributed by atoms with Crippen LogP contribution in [-0.2, 0) is 99.5 Å². The van der Waals surface area contributed by atoms with Gasteiger partial charge in [0.1, 0.15) is 256 Å². The van der Waals surface area contributed by atoms with Gasteiger partial charge < -0.3 is 278 Å². The molecule has 55 atom stereocenters. The molecule has 11 aliphatic heterocycles. The lowest BCUT2D eigenvalue weighted by atomic mass is 9.90. The van der Waals surface area contributed by atoms with Crippen LogP contribution in [0.3, 0.4) is 0 Å². The topological polar surface area (TPSA) is 902 Å². The molecule has 11 aliphatic rings. The highest BCUT2D eigenvalue weighted by atomic mass is 16.8. The fraction of sp³-hybridized carbons (Fsp3) is 1.00. The predicted molar refractivity (Wildman–Crippen MR) is 374 cm³/mol. The minimum atomic E-state index is -2.48. The van der Waals surface area contributed by atoms with Crippen molar-refractivity contribution >= 4 is 0 Å². The first-order valence-electron chi connectivity index (χ1n) is 39.5. The molecule has 0 aromatic heterocycles. The van der Waals surface area contributed by atoms with Gasteiger partial charge >= 0.3 is 0 Å². The van der Waals surface area contributed by atoms with E-state index in [1.807, 2.05) is 0 Å². The van der Waals surface area contributed by atoms with E-state index in [4.69, 9.17) is 105 Å². The Bertz CT molecular complexity index is 3100. The summed E-state index contributed by atoms with van der Waals surface area (Å²) in [6, 6.07) is 0. The molecule has 0 spiro atoms. The van der Waals surface area contributed by atoms with Crippen LogP contribution in [0.5, 0.6) is 0 Å². The lowest BCUT2D eigenvalue weighted by Crippen LogP contribution is -2.69. The van der Waals surface area contributed by atoms with Gasteiger partial charge in [0.05, 0.1) is 78.8 Å². The Balaban J connectivity index is 0.000000602. The summed E-state index contributed by atoms with van der Waals surface area (Å²) in [6.45, 7) is -8.97. The molecule has 35 N–H and O–H groups in total. The number of hydrogen-bond acceptors (Lipinski definition) is 56. The Hall–Kier alpha value is -2.24. The molecule has 56 heteroatoms. The summed E-state index contributed by atoms with van der Waals surface area (Å²) in [5.74, 6) is -0.696. The standard InChI is InChI=1S/C55H94O46.C13H24O10/c1-84-47-33(77)40(22(66)13(4-58)86-47)96-50-38(82)45(27(71)18(9-63)89-50)100-55-39(83)46(28(72)19(94-55)10-85-48-31(75)29(73)20(64)11(2-56)87-48)101-54-37(81)44(26(70)17(8-62)93-54)99-53-36(80)43(25(69)16(7-61)92-53)98-52-35(79)42(24(68)15(6-60)91-52)97-51-34(78)41(23(67)14(5-59)90-51)95-49-32(76)30(74)21(65)12(3-57)88-49;1-4-7(16)5(2-14)22-13(8(4)17)23-11-9(18)6(3-15)21-12(20)10(11)19/h11-83H,2-10H2,1H3;4-20H,2-3H2,1H3/t11?,12?,13?,14?,15?,16?,17?,18?,19?,20-,21-,22-,23-,24-,25-,26-,27-,28-,29+,30+,31?,32?,33?,34?,35?,36?,37?,38?,39?,40+,41+,42+,43+,44+,45+,46+,47-,48-,49+,50+,51+,52+,53+,54+,55+;4-,5?,6?,7-,8?,9+,10?,11-,12+,13-/m10/s1. The lowest BCUT2D eigenvalue weighted by molar-refractivity contribution is -0.403. The second kappa shape index (κ2) is 45.7. The Morgan fingerprint density at radius 3 is 0.629 bits per heavy atom. The molecule has 11 saturated heterocycles. The van der Waals surface area contributed by atoms with Crippen LogP contribution in [0.4, 0.5) is 0 Å². The molecule has 124 heavy (non-hydrogen) atoms. The van der Waals surface area contributed by atoms with Crippen LogP contribution >= 0.6 is 0 Å². The first-order chi connectivity index (χ1) is 58.8.